The molecule has 3 aliphatic heterocycles. The van der Waals surface area contributed by atoms with Crippen molar-refractivity contribution < 1.29 is 33.6 Å². The summed E-state index contributed by atoms with van der Waals surface area (Å²) in [6.07, 6.45) is 4.65. The third kappa shape index (κ3) is 4.48. The zero-order valence-electron chi connectivity index (χ0n) is 16.7. The lowest BCUT2D eigenvalue weighted by Gasteiger charge is -2.46. The number of ether oxygens (including phenoxy) is 5. The molecule has 0 saturated carbocycles. The van der Waals surface area contributed by atoms with Crippen LogP contribution >= 0.6 is 0 Å². The molecule has 0 radical (unpaired) electrons. The molecule has 7 heteroatoms. The Labute approximate surface area is 161 Å². The van der Waals surface area contributed by atoms with Gasteiger partial charge < -0.3 is 28.8 Å². The average Bonchev–Trinajstić information content (AvgIpc) is 3.03. The molecule has 7 nitrogen and oxygen atoms in total. The van der Waals surface area contributed by atoms with Crippen LogP contribution < -0.4 is 0 Å². The van der Waals surface area contributed by atoms with E-state index in [2.05, 4.69) is 13.8 Å². The van der Waals surface area contributed by atoms with Gasteiger partial charge in [0.05, 0.1) is 31.8 Å². The molecule has 0 aliphatic carbocycles. The van der Waals surface area contributed by atoms with E-state index in [0.717, 1.165) is 38.5 Å². The van der Waals surface area contributed by atoms with E-state index in [1.165, 1.54) is 7.11 Å². The average molecular weight is 386 g/mol. The van der Waals surface area contributed by atoms with Crippen LogP contribution in [-0.2, 0) is 28.5 Å². The van der Waals surface area contributed by atoms with Gasteiger partial charge in [0, 0.05) is 19.4 Å². The Morgan fingerprint density at radius 2 is 1.78 bits per heavy atom. The second-order valence-corrected chi connectivity index (χ2v) is 7.88. The van der Waals surface area contributed by atoms with Crippen molar-refractivity contribution >= 4 is 5.97 Å². The molecule has 3 rings (SSSR count). The van der Waals surface area contributed by atoms with Crippen LogP contribution in [0.2, 0.25) is 0 Å². The maximum absolute atomic E-state index is 11.7. The van der Waals surface area contributed by atoms with Gasteiger partial charge in [-0.15, -0.1) is 0 Å². The molecule has 3 fully saturated rings. The fraction of sp³-hybridized carbons (Fsp3) is 0.950. The van der Waals surface area contributed by atoms with Crippen LogP contribution in [0.5, 0.6) is 0 Å². The normalized spacial score (nSPS) is 37.5. The minimum Gasteiger partial charge on any atom is -0.469 e. The maximum Gasteiger partial charge on any atom is 0.308 e. The van der Waals surface area contributed by atoms with Crippen LogP contribution in [0.15, 0.2) is 0 Å². The Bertz CT molecular complexity index is 491. The SMILES string of the molecule is CCCC1(CCC)O[C@@H]2C(CCO)OC3CC[C@H](CC(=O)OC)OC3[C@@H]2O1. The van der Waals surface area contributed by atoms with E-state index in [4.69, 9.17) is 23.7 Å². The molecule has 0 aromatic rings. The van der Waals surface area contributed by atoms with Crippen LogP contribution in [0.4, 0.5) is 0 Å². The van der Waals surface area contributed by atoms with Crippen LogP contribution in [0.1, 0.15) is 65.2 Å². The first-order valence-electron chi connectivity index (χ1n) is 10.4. The molecule has 3 unspecified atom stereocenters. The predicted molar refractivity (Wildman–Crippen MR) is 97.2 cm³/mol. The van der Waals surface area contributed by atoms with Gasteiger partial charge in [-0.1, -0.05) is 26.7 Å². The summed E-state index contributed by atoms with van der Waals surface area (Å²) in [6.45, 7) is 4.30. The van der Waals surface area contributed by atoms with Crippen molar-refractivity contribution in [3.05, 3.63) is 0 Å². The number of hydrogen-bond acceptors (Lipinski definition) is 7. The summed E-state index contributed by atoms with van der Waals surface area (Å²) in [5.41, 5.74) is 0. The van der Waals surface area contributed by atoms with Gasteiger partial charge in [-0.2, -0.15) is 0 Å². The molecule has 0 bridgehead atoms. The Hall–Kier alpha value is -0.730. The summed E-state index contributed by atoms with van der Waals surface area (Å²) in [4.78, 5) is 11.7. The molecule has 27 heavy (non-hydrogen) atoms. The molecule has 0 spiro atoms. The van der Waals surface area contributed by atoms with E-state index in [1.807, 2.05) is 0 Å². The van der Waals surface area contributed by atoms with E-state index in [1.54, 1.807) is 0 Å². The van der Waals surface area contributed by atoms with E-state index in [9.17, 15) is 9.90 Å². The number of carbonyl (C=O) groups is 1. The highest BCUT2D eigenvalue weighted by Gasteiger charge is 2.58. The zero-order chi connectivity index (χ0) is 19.4. The van der Waals surface area contributed by atoms with Gasteiger partial charge in [0.15, 0.2) is 5.79 Å². The number of aliphatic hydroxyl groups is 1. The number of fused-ring (bicyclic) bond motifs is 3. The summed E-state index contributed by atoms with van der Waals surface area (Å²) in [5.74, 6) is -0.872. The summed E-state index contributed by atoms with van der Waals surface area (Å²) in [5, 5.41) is 9.48. The molecule has 0 aromatic heterocycles. The van der Waals surface area contributed by atoms with Crippen molar-refractivity contribution in [1.29, 1.82) is 0 Å². The molecule has 156 valence electrons. The van der Waals surface area contributed by atoms with E-state index in [-0.39, 0.29) is 55.6 Å². The van der Waals surface area contributed by atoms with Gasteiger partial charge in [0.2, 0.25) is 0 Å². The van der Waals surface area contributed by atoms with Crippen LogP contribution in [0.3, 0.4) is 0 Å². The molecule has 3 aliphatic rings. The van der Waals surface area contributed by atoms with Crippen LogP contribution in [-0.4, -0.2) is 67.2 Å². The molecule has 0 amide bonds. The number of carbonyl (C=O) groups excluding carboxylic acids is 1. The lowest BCUT2D eigenvalue weighted by atomic mass is 9.88. The minimum absolute atomic E-state index is 0.0506. The van der Waals surface area contributed by atoms with E-state index >= 15 is 0 Å². The first kappa shape index (κ1) is 21.0. The van der Waals surface area contributed by atoms with Crippen molar-refractivity contribution in [1.82, 2.24) is 0 Å². The fourth-order valence-electron chi connectivity index (χ4n) is 4.73. The van der Waals surface area contributed by atoms with E-state index in [0.29, 0.717) is 6.42 Å². The van der Waals surface area contributed by atoms with Crippen molar-refractivity contribution in [3.8, 4) is 0 Å². The lowest BCUT2D eigenvalue weighted by molar-refractivity contribution is -0.241. The molecule has 0 aromatic carbocycles. The van der Waals surface area contributed by atoms with Gasteiger partial charge >= 0.3 is 5.97 Å². The molecule has 6 atom stereocenters. The van der Waals surface area contributed by atoms with E-state index < -0.39 is 5.79 Å². The number of rotatable bonds is 8. The summed E-state index contributed by atoms with van der Waals surface area (Å²) in [6, 6.07) is 0. The highest BCUT2D eigenvalue weighted by Crippen LogP contribution is 2.46. The zero-order valence-corrected chi connectivity index (χ0v) is 16.7. The fourth-order valence-corrected chi connectivity index (χ4v) is 4.73. The maximum atomic E-state index is 11.7. The van der Waals surface area contributed by atoms with Gasteiger partial charge in [-0.25, -0.2) is 0 Å². The molecule has 3 saturated heterocycles. The van der Waals surface area contributed by atoms with Gasteiger partial charge in [0.1, 0.15) is 18.3 Å². The highest BCUT2D eigenvalue weighted by atomic mass is 16.8. The first-order valence-corrected chi connectivity index (χ1v) is 10.4. The smallest absolute Gasteiger partial charge is 0.308 e. The van der Waals surface area contributed by atoms with Crippen LogP contribution in [0, 0.1) is 0 Å². The second kappa shape index (κ2) is 9.18. The summed E-state index contributed by atoms with van der Waals surface area (Å²) < 4.78 is 30.3. The highest BCUT2D eigenvalue weighted by molar-refractivity contribution is 5.69. The lowest BCUT2D eigenvalue weighted by Crippen LogP contribution is -2.60. The van der Waals surface area contributed by atoms with Crippen molar-refractivity contribution in [2.24, 2.45) is 0 Å². The Balaban J connectivity index is 1.78. The van der Waals surface area contributed by atoms with Gasteiger partial charge in [-0.05, 0) is 19.3 Å². The first-order chi connectivity index (χ1) is 13.1. The van der Waals surface area contributed by atoms with Crippen molar-refractivity contribution in [2.45, 2.75) is 108 Å². The third-order valence-electron chi connectivity index (χ3n) is 5.85. The number of methoxy groups -OCH3 is 1. The van der Waals surface area contributed by atoms with Crippen molar-refractivity contribution in [3.63, 3.8) is 0 Å². The second-order valence-electron chi connectivity index (χ2n) is 7.88. The summed E-state index contributed by atoms with van der Waals surface area (Å²) in [7, 11) is 1.39. The predicted octanol–water partition coefficient (Wildman–Crippen LogP) is 2.33. The Morgan fingerprint density at radius 3 is 2.41 bits per heavy atom. The molecule has 1 N–H and O–H groups in total. The Kier molecular flexibility index (Phi) is 7.14. The topological polar surface area (TPSA) is 83.5 Å². The third-order valence-corrected chi connectivity index (χ3v) is 5.85. The standard InChI is InChI=1S/C20H34O7/c1-4-9-20(10-5-2)26-18-15(8-11-21)25-14-7-6-13(12-16(22)23-3)24-17(14)19(18)27-20/h13-15,17-19,21H,4-12H2,1-3H3/t13-,14?,15?,17?,18-,19+/m1/s1. The quantitative estimate of drug-likeness (QED) is 0.641. The minimum atomic E-state index is -0.608. The molecule has 3 heterocycles. The number of hydrogen-bond donors (Lipinski definition) is 1. The Morgan fingerprint density at radius 1 is 1.07 bits per heavy atom. The monoisotopic (exact) mass is 386 g/mol. The number of esters is 1. The van der Waals surface area contributed by atoms with Gasteiger partial charge in [-0.3, -0.25) is 4.79 Å². The number of aliphatic hydroxyl groups excluding tert-OH is 1. The van der Waals surface area contributed by atoms with Gasteiger partial charge in [0.25, 0.3) is 0 Å². The van der Waals surface area contributed by atoms with Crippen molar-refractivity contribution in [2.75, 3.05) is 13.7 Å². The summed E-state index contributed by atoms with van der Waals surface area (Å²) >= 11 is 0. The molecular formula is C20H34O7. The largest absolute Gasteiger partial charge is 0.469 e. The molecular weight excluding hydrogens is 352 g/mol. The van der Waals surface area contributed by atoms with Crippen LogP contribution in [0.25, 0.3) is 0 Å².